The van der Waals surface area contributed by atoms with E-state index in [4.69, 9.17) is 16.3 Å². The summed E-state index contributed by atoms with van der Waals surface area (Å²) in [6, 6.07) is 5.04. The molecule has 2 N–H and O–H groups in total. The van der Waals surface area contributed by atoms with Crippen LogP contribution in [0.4, 0.5) is 4.79 Å². The van der Waals surface area contributed by atoms with Gasteiger partial charge < -0.3 is 20.1 Å². The summed E-state index contributed by atoms with van der Waals surface area (Å²) in [6.07, 6.45) is 0. The SMILES string of the molecule is O=C1NCCN1CCOc1ccc(Cl)cc1CO. The van der Waals surface area contributed by atoms with Crippen molar-refractivity contribution in [2.45, 2.75) is 6.61 Å². The highest BCUT2D eigenvalue weighted by Crippen LogP contribution is 2.22. The first-order valence-electron chi connectivity index (χ1n) is 5.75. The Kier molecular flexibility index (Phi) is 4.28. The first-order chi connectivity index (χ1) is 8.70. The topological polar surface area (TPSA) is 61.8 Å². The number of nitrogens with zero attached hydrogens (tertiary/aromatic N) is 1. The third kappa shape index (κ3) is 3.05. The third-order valence-electron chi connectivity index (χ3n) is 2.76. The summed E-state index contributed by atoms with van der Waals surface area (Å²) in [6.45, 7) is 2.18. The number of benzene rings is 1. The first-order valence-corrected chi connectivity index (χ1v) is 6.13. The van der Waals surface area contributed by atoms with E-state index in [1.54, 1.807) is 23.1 Å². The molecule has 1 aromatic rings. The number of aliphatic hydroxyl groups is 1. The lowest BCUT2D eigenvalue weighted by molar-refractivity contribution is 0.200. The number of rotatable bonds is 5. The van der Waals surface area contributed by atoms with Crippen LogP contribution in [0, 0.1) is 0 Å². The molecule has 2 amide bonds. The molecular formula is C12H15ClN2O3. The van der Waals surface area contributed by atoms with Crippen molar-refractivity contribution < 1.29 is 14.6 Å². The summed E-state index contributed by atoms with van der Waals surface area (Å²) in [5.74, 6) is 0.599. The van der Waals surface area contributed by atoms with Gasteiger partial charge in [-0.15, -0.1) is 0 Å². The number of urea groups is 1. The van der Waals surface area contributed by atoms with E-state index in [2.05, 4.69) is 5.32 Å². The van der Waals surface area contributed by atoms with Gasteiger partial charge in [0.2, 0.25) is 0 Å². The van der Waals surface area contributed by atoms with Gasteiger partial charge in [-0.2, -0.15) is 0 Å². The van der Waals surface area contributed by atoms with Gasteiger partial charge in [0.05, 0.1) is 13.2 Å². The van der Waals surface area contributed by atoms with Crippen LogP contribution in [-0.2, 0) is 6.61 Å². The van der Waals surface area contributed by atoms with Crippen molar-refractivity contribution in [3.05, 3.63) is 28.8 Å². The van der Waals surface area contributed by atoms with Crippen LogP contribution in [0.15, 0.2) is 18.2 Å². The number of aliphatic hydroxyl groups excluding tert-OH is 1. The fourth-order valence-electron chi connectivity index (χ4n) is 1.80. The number of hydrogen-bond acceptors (Lipinski definition) is 3. The van der Waals surface area contributed by atoms with E-state index in [0.717, 1.165) is 0 Å². The number of nitrogens with one attached hydrogen (secondary N) is 1. The molecule has 0 atom stereocenters. The van der Waals surface area contributed by atoms with Gasteiger partial charge in [0.1, 0.15) is 12.4 Å². The number of hydrogen-bond donors (Lipinski definition) is 2. The molecule has 0 radical (unpaired) electrons. The van der Waals surface area contributed by atoms with E-state index < -0.39 is 0 Å². The lowest BCUT2D eigenvalue weighted by Gasteiger charge is -2.15. The summed E-state index contributed by atoms with van der Waals surface area (Å²) in [5, 5.41) is 12.5. The quantitative estimate of drug-likeness (QED) is 0.846. The summed E-state index contributed by atoms with van der Waals surface area (Å²) < 4.78 is 5.55. The van der Waals surface area contributed by atoms with Gasteiger partial charge in [-0.3, -0.25) is 0 Å². The van der Waals surface area contributed by atoms with E-state index in [-0.39, 0.29) is 12.6 Å². The van der Waals surface area contributed by atoms with Crippen molar-refractivity contribution in [1.29, 1.82) is 0 Å². The predicted octanol–water partition coefficient (Wildman–Crippen LogP) is 1.24. The summed E-state index contributed by atoms with van der Waals surface area (Å²) in [7, 11) is 0. The van der Waals surface area contributed by atoms with Crippen LogP contribution in [0.2, 0.25) is 5.02 Å². The van der Waals surface area contributed by atoms with Crippen LogP contribution >= 0.6 is 11.6 Å². The Morgan fingerprint density at radius 2 is 2.33 bits per heavy atom. The molecule has 1 aromatic carbocycles. The van der Waals surface area contributed by atoms with E-state index >= 15 is 0 Å². The second kappa shape index (κ2) is 5.93. The molecule has 1 heterocycles. The van der Waals surface area contributed by atoms with Crippen molar-refractivity contribution >= 4 is 17.6 Å². The lowest BCUT2D eigenvalue weighted by Crippen LogP contribution is -2.31. The molecule has 98 valence electrons. The van der Waals surface area contributed by atoms with Crippen molar-refractivity contribution in [3.63, 3.8) is 0 Å². The van der Waals surface area contributed by atoms with E-state index in [0.29, 0.717) is 42.6 Å². The molecule has 6 heteroatoms. The van der Waals surface area contributed by atoms with Crippen molar-refractivity contribution in [2.24, 2.45) is 0 Å². The van der Waals surface area contributed by atoms with Crippen LogP contribution < -0.4 is 10.1 Å². The highest BCUT2D eigenvalue weighted by Gasteiger charge is 2.18. The van der Waals surface area contributed by atoms with E-state index in [1.807, 2.05) is 0 Å². The molecule has 2 rings (SSSR count). The molecule has 5 nitrogen and oxygen atoms in total. The number of ether oxygens (including phenoxy) is 1. The minimum absolute atomic E-state index is 0.0583. The Morgan fingerprint density at radius 1 is 1.50 bits per heavy atom. The van der Waals surface area contributed by atoms with E-state index in [9.17, 15) is 9.90 Å². The molecule has 0 bridgehead atoms. The van der Waals surface area contributed by atoms with Crippen molar-refractivity contribution in [3.8, 4) is 5.75 Å². The van der Waals surface area contributed by atoms with Gasteiger partial charge in [-0.25, -0.2) is 4.79 Å². The Labute approximate surface area is 110 Å². The lowest BCUT2D eigenvalue weighted by atomic mass is 10.2. The van der Waals surface area contributed by atoms with Gasteiger partial charge in [0.25, 0.3) is 0 Å². The summed E-state index contributed by atoms with van der Waals surface area (Å²) in [5.41, 5.74) is 0.647. The molecule has 0 aliphatic carbocycles. The van der Waals surface area contributed by atoms with Gasteiger partial charge in [0.15, 0.2) is 0 Å². The Bertz CT molecular complexity index is 439. The maximum atomic E-state index is 11.3. The van der Waals surface area contributed by atoms with Crippen LogP contribution in [0.25, 0.3) is 0 Å². The fraction of sp³-hybridized carbons (Fsp3) is 0.417. The second-order valence-corrected chi connectivity index (χ2v) is 4.41. The zero-order chi connectivity index (χ0) is 13.0. The van der Waals surface area contributed by atoms with Gasteiger partial charge in [0, 0.05) is 23.7 Å². The number of carbonyl (C=O) groups excluding carboxylic acids is 1. The van der Waals surface area contributed by atoms with Crippen LogP contribution in [0.1, 0.15) is 5.56 Å². The molecule has 0 aromatic heterocycles. The van der Waals surface area contributed by atoms with Gasteiger partial charge in [-0.05, 0) is 18.2 Å². The minimum atomic E-state index is -0.125. The Balaban J connectivity index is 1.88. The predicted molar refractivity (Wildman–Crippen MR) is 67.8 cm³/mol. The standard InChI is InChI=1S/C12H15ClN2O3/c13-10-1-2-11(9(7-10)8-16)18-6-5-15-4-3-14-12(15)17/h1-2,7,16H,3-6,8H2,(H,14,17). The maximum Gasteiger partial charge on any atom is 0.317 e. The molecular weight excluding hydrogens is 256 g/mol. The average molecular weight is 271 g/mol. The van der Waals surface area contributed by atoms with Crippen LogP contribution in [0.5, 0.6) is 5.75 Å². The zero-order valence-corrected chi connectivity index (χ0v) is 10.6. The highest BCUT2D eigenvalue weighted by atomic mass is 35.5. The third-order valence-corrected chi connectivity index (χ3v) is 2.99. The van der Waals surface area contributed by atoms with E-state index in [1.165, 1.54) is 0 Å². The smallest absolute Gasteiger partial charge is 0.317 e. The monoisotopic (exact) mass is 270 g/mol. The fourth-order valence-corrected chi connectivity index (χ4v) is 2.00. The summed E-state index contributed by atoms with van der Waals surface area (Å²) in [4.78, 5) is 13.0. The molecule has 1 aliphatic heterocycles. The zero-order valence-electron chi connectivity index (χ0n) is 9.86. The Hall–Kier alpha value is -1.46. The normalized spacial score (nSPS) is 14.8. The number of carbonyl (C=O) groups is 1. The van der Waals surface area contributed by atoms with Crippen LogP contribution in [-0.4, -0.2) is 42.3 Å². The Morgan fingerprint density at radius 3 is 3.00 bits per heavy atom. The number of halogens is 1. The van der Waals surface area contributed by atoms with Crippen molar-refractivity contribution in [2.75, 3.05) is 26.2 Å². The van der Waals surface area contributed by atoms with Gasteiger partial charge in [-0.1, -0.05) is 11.6 Å². The minimum Gasteiger partial charge on any atom is -0.491 e. The largest absolute Gasteiger partial charge is 0.491 e. The van der Waals surface area contributed by atoms with Crippen molar-refractivity contribution in [1.82, 2.24) is 10.2 Å². The molecule has 0 spiro atoms. The molecule has 1 fully saturated rings. The molecule has 1 aliphatic rings. The molecule has 18 heavy (non-hydrogen) atoms. The molecule has 1 saturated heterocycles. The van der Waals surface area contributed by atoms with Crippen LogP contribution in [0.3, 0.4) is 0 Å². The summed E-state index contributed by atoms with van der Waals surface area (Å²) >= 11 is 5.82. The molecule has 0 unspecified atom stereocenters. The maximum absolute atomic E-state index is 11.3. The second-order valence-electron chi connectivity index (χ2n) is 3.98. The first kappa shape index (κ1) is 13.0. The molecule has 0 saturated carbocycles. The highest BCUT2D eigenvalue weighted by molar-refractivity contribution is 6.30. The van der Waals surface area contributed by atoms with Gasteiger partial charge >= 0.3 is 6.03 Å². The number of amides is 2. The average Bonchev–Trinajstić information content (AvgIpc) is 2.77.